The Morgan fingerprint density at radius 1 is 1.00 bits per heavy atom. The molecule has 0 fully saturated rings. The van der Waals surface area contributed by atoms with Crippen LogP contribution >= 0.6 is 22.9 Å². The van der Waals surface area contributed by atoms with Crippen molar-refractivity contribution in [1.29, 1.82) is 0 Å². The lowest BCUT2D eigenvalue weighted by molar-refractivity contribution is -0.115. The molecule has 0 atom stereocenters. The summed E-state index contributed by atoms with van der Waals surface area (Å²) in [5.41, 5.74) is 0.962. The fraction of sp³-hybridized carbons (Fsp3) is 0.150. The second-order valence-electron chi connectivity index (χ2n) is 6.07. The van der Waals surface area contributed by atoms with E-state index in [9.17, 15) is 14.4 Å². The summed E-state index contributed by atoms with van der Waals surface area (Å²) < 4.78 is 6.42. The van der Waals surface area contributed by atoms with E-state index in [1.807, 2.05) is 24.3 Å². The number of hydrogen-bond donors (Lipinski definition) is 2. The molecule has 0 bridgehead atoms. The highest BCUT2D eigenvalue weighted by atomic mass is 35.5. The number of carbonyl (C=O) groups excluding carboxylic acids is 3. The Balaban J connectivity index is 1.81. The van der Waals surface area contributed by atoms with Crippen molar-refractivity contribution in [2.45, 2.75) is 20.5 Å². The largest absolute Gasteiger partial charge is 0.456 e. The molecule has 144 valence electrons. The van der Waals surface area contributed by atoms with Gasteiger partial charge in [0.25, 0.3) is 0 Å². The van der Waals surface area contributed by atoms with Crippen LogP contribution in [0.3, 0.4) is 0 Å². The highest BCUT2D eigenvalue weighted by molar-refractivity contribution is 7.19. The second kappa shape index (κ2) is 8.41. The Morgan fingerprint density at radius 2 is 1.61 bits per heavy atom. The summed E-state index contributed by atoms with van der Waals surface area (Å²) in [7, 11) is 0. The zero-order chi connectivity index (χ0) is 20.3. The number of hydrogen-bond acceptors (Lipinski definition) is 5. The van der Waals surface area contributed by atoms with Gasteiger partial charge in [-0.2, -0.15) is 0 Å². The third-order valence-corrected chi connectivity index (χ3v) is 5.43. The molecule has 1 aromatic heterocycles. The summed E-state index contributed by atoms with van der Waals surface area (Å²) in [6.07, 6.45) is 0. The number of fused-ring (bicyclic) bond motifs is 1. The Bertz CT molecular complexity index is 1040. The molecule has 3 rings (SSSR count). The number of halogens is 1. The second-order valence-corrected chi connectivity index (χ2v) is 7.59. The van der Waals surface area contributed by atoms with Crippen molar-refractivity contribution in [3.63, 3.8) is 0 Å². The molecule has 6 nitrogen and oxygen atoms in total. The smallest absolute Gasteiger partial charge is 0.338 e. The summed E-state index contributed by atoms with van der Waals surface area (Å²) in [6.45, 7) is 2.73. The molecule has 0 saturated heterocycles. The predicted molar refractivity (Wildman–Crippen MR) is 111 cm³/mol. The topological polar surface area (TPSA) is 84.5 Å². The first-order valence-corrected chi connectivity index (χ1v) is 9.56. The maximum atomic E-state index is 12.5. The molecule has 28 heavy (non-hydrogen) atoms. The van der Waals surface area contributed by atoms with Gasteiger partial charge < -0.3 is 15.4 Å². The maximum absolute atomic E-state index is 12.5. The first-order chi connectivity index (χ1) is 13.3. The number of carbonyl (C=O) groups is 3. The van der Waals surface area contributed by atoms with Gasteiger partial charge in [0, 0.05) is 35.3 Å². The number of thiophene rings is 1. The molecule has 2 N–H and O–H groups in total. The molecule has 0 aliphatic carbocycles. The Hall–Kier alpha value is -2.90. The number of ether oxygens (including phenoxy) is 1. The standard InChI is InChI=1S/C20H17ClN2O4S/c1-11(24)22-14-7-13(8-15(9-14)23-12(2)25)20(26)27-10-18-19(21)16-5-3-4-6-17(16)28-18/h3-9H,10H2,1-2H3,(H,22,24)(H,23,25). The van der Waals surface area contributed by atoms with Crippen molar-refractivity contribution in [2.24, 2.45) is 0 Å². The van der Waals surface area contributed by atoms with Crippen LogP contribution in [-0.4, -0.2) is 17.8 Å². The van der Waals surface area contributed by atoms with Crippen molar-refractivity contribution < 1.29 is 19.1 Å². The van der Waals surface area contributed by atoms with Gasteiger partial charge in [0.15, 0.2) is 0 Å². The van der Waals surface area contributed by atoms with Crippen LogP contribution in [0.2, 0.25) is 5.02 Å². The van der Waals surface area contributed by atoms with Gasteiger partial charge in [0.2, 0.25) is 11.8 Å². The molecule has 2 aromatic carbocycles. The summed E-state index contributed by atoms with van der Waals surface area (Å²) >= 11 is 7.84. The van der Waals surface area contributed by atoms with Gasteiger partial charge in [-0.3, -0.25) is 9.59 Å². The first-order valence-electron chi connectivity index (χ1n) is 8.37. The first kappa shape index (κ1) is 19.9. The molecule has 0 radical (unpaired) electrons. The molecule has 8 heteroatoms. The van der Waals surface area contributed by atoms with E-state index in [2.05, 4.69) is 10.6 Å². The van der Waals surface area contributed by atoms with Gasteiger partial charge in [-0.05, 0) is 24.3 Å². The van der Waals surface area contributed by atoms with Crippen LogP contribution in [0.5, 0.6) is 0 Å². The zero-order valence-electron chi connectivity index (χ0n) is 15.2. The van der Waals surface area contributed by atoms with Gasteiger partial charge in [-0.1, -0.05) is 29.8 Å². The molecule has 0 aliphatic heterocycles. The van der Waals surface area contributed by atoms with Crippen LogP contribution in [0.25, 0.3) is 10.1 Å². The Morgan fingerprint density at radius 3 is 2.18 bits per heavy atom. The van der Waals surface area contributed by atoms with Gasteiger partial charge in [0.1, 0.15) is 6.61 Å². The van der Waals surface area contributed by atoms with Crippen molar-refractivity contribution in [2.75, 3.05) is 10.6 Å². The average Bonchev–Trinajstić information content (AvgIpc) is 2.94. The summed E-state index contributed by atoms with van der Waals surface area (Å²) in [5.74, 6) is -1.18. The summed E-state index contributed by atoms with van der Waals surface area (Å²) in [5, 5.41) is 6.68. The van der Waals surface area contributed by atoms with Gasteiger partial charge in [0.05, 0.1) is 15.5 Å². The number of benzene rings is 2. The van der Waals surface area contributed by atoms with Crippen molar-refractivity contribution in [1.82, 2.24) is 0 Å². The van der Waals surface area contributed by atoms with Gasteiger partial charge in [-0.25, -0.2) is 4.79 Å². The average molecular weight is 417 g/mol. The maximum Gasteiger partial charge on any atom is 0.338 e. The molecule has 0 aliphatic rings. The fourth-order valence-electron chi connectivity index (χ4n) is 2.67. The molecule has 1 heterocycles. The SMILES string of the molecule is CC(=O)Nc1cc(NC(C)=O)cc(C(=O)OCc2sc3ccccc3c2Cl)c1. The predicted octanol–water partition coefficient (Wildman–Crippen LogP) is 4.83. The van der Waals surface area contributed by atoms with E-state index in [4.69, 9.17) is 16.3 Å². The third kappa shape index (κ3) is 4.68. The monoisotopic (exact) mass is 416 g/mol. The van der Waals surface area contributed by atoms with E-state index >= 15 is 0 Å². The van der Waals surface area contributed by atoms with Gasteiger partial charge >= 0.3 is 5.97 Å². The van der Waals surface area contributed by atoms with Crippen molar-refractivity contribution in [3.05, 3.63) is 57.9 Å². The molecule has 0 spiro atoms. The Labute approximate surface area is 170 Å². The van der Waals surface area contributed by atoms with Crippen LogP contribution in [0.4, 0.5) is 11.4 Å². The number of nitrogens with one attached hydrogen (secondary N) is 2. The van der Waals surface area contributed by atoms with E-state index in [0.717, 1.165) is 15.0 Å². The normalized spacial score (nSPS) is 10.5. The Kier molecular flexibility index (Phi) is 5.96. The fourth-order valence-corrected chi connectivity index (χ4v) is 4.07. The van der Waals surface area contributed by atoms with Crippen molar-refractivity contribution >= 4 is 62.2 Å². The highest BCUT2D eigenvalue weighted by Gasteiger charge is 2.15. The van der Waals surface area contributed by atoms with Crippen LogP contribution in [0, 0.1) is 0 Å². The molecular formula is C20H17ClN2O4S. The lowest BCUT2D eigenvalue weighted by atomic mass is 10.1. The minimum Gasteiger partial charge on any atom is -0.456 e. The lowest BCUT2D eigenvalue weighted by Gasteiger charge is -2.10. The van der Waals surface area contributed by atoms with E-state index in [1.54, 1.807) is 6.07 Å². The lowest BCUT2D eigenvalue weighted by Crippen LogP contribution is -2.12. The summed E-state index contributed by atoms with van der Waals surface area (Å²) in [4.78, 5) is 35.9. The molecule has 2 amide bonds. The van der Waals surface area contributed by atoms with Crippen LogP contribution in [0.1, 0.15) is 29.1 Å². The van der Waals surface area contributed by atoms with Crippen LogP contribution < -0.4 is 10.6 Å². The summed E-state index contributed by atoms with van der Waals surface area (Å²) in [6, 6.07) is 12.2. The highest BCUT2D eigenvalue weighted by Crippen LogP contribution is 2.35. The molecule has 3 aromatic rings. The third-order valence-electron chi connectivity index (χ3n) is 3.75. The molecular weight excluding hydrogens is 400 g/mol. The van der Waals surface area contributed by atoms with E-state index in [-0.39, 0.29) is 24.0 Å². The quantitative estimate of drug-likeness (QED) is 0.583. The minimum atomic E-state index is -0.590. The van der Waals surface area contributed by atoms with E-state index < -0.39 is 5.97 Å². The number of amides is 2. The number of anilines is 2. The van der Waals surface area contributed by atoms with E-state index in [1.165, 1.54) is 37.3 Å². The van der Waals surface area contributed by atoms with E-state index in [0.29, 0.717) is 16.4 Å². The van der Waals surface area contributed by atoms with Gasteiger partial charge in [-0.15, -0.1) is 11.3 Å². The van der Waals surface area contributed by atoms with Crippen LogP contribution in [-0.2, 0) is 20.9 Å². The molecule has 0 unspecified atom stereocenters. The zero-order valence-corrected chi connectivity index (χ0v) is 16.7. The number of esters is 1. The number of rotatable bonds is 5. The van der Waals surface area contributed by atoms with Crippen LogP contribution in [0.15, 0.2) is 42.5 Å². The van der Waals surface area contributed by atoms with Crippen molar-refractivity contribution in [3.8, 4) is 0 Å². The minimum absolute atomic E-state index is 0.0247. The molecule has 0 saturated carbocycles.